The molecule has 0 spiro atoms. The van der Waals surface area contributed by atoms with E-state index < -0.39 is 0 Å². The van der Waals surface area contributed by atoms with Crippen LogP contribution in [0, 0.1) is 0 Å². The first-order valence-electron chi connectivity index (χ1n) is 7.37. The summed E-state index contributed by atoms with van der Waals surface area (Å²) < 4.78 is 0. The number of aromatic hydroxyl groups is 1. The zero-order chi connectivity index (χ0) is 14.5. The van der Waals surface area contributed by atoms with E-state index in [9.17, 15) is 9.90 Å². The van der Waals surface area contributed by atoms with E-state index >= 15 is 0 Å². The van der Waals surface area contributed by atoms with Gasteiger partial charge in [0.15, 0.2) is 0 Å². The number of amides is 1. The fourth-order valence-electron chi connectivity index (χ4n) is 2.80. The summed E-state index contributed by atoms with van der Waals surface area (Å²) in [7, 11) is 0. The largest absolute Gasteiger partial charge is 0.508 e. The van der Waals surface area contributed by atoms with Crippen LogP contribution in [-0.2, 0) is 11.2 Å². The zero-order valence-electron chi connectivity index (χ0n) is 12.4. The lowest BCUT2D eigenvalue weighted by atomic mass is 10.1. The molecule has 1 aliphatic heterocycles. The Morgan fingerprint density at radius 3 is 2.60 bits per heavy atom. The van der Waals surface area contributed by atoms with Crippen molar-refractivity contribution < 1.29 is 9.90 Å². The Labute approximate surface area is 121 Å². The molecule has 4 nitrogen and oxygen atoms in total. The van der Waals surface area contributed by atoms with Crippen LogP contribution in [0.3, 0.4) is 0 Å². The number of benzene rings is 1. The lowest BCUT2D eigenvalue weighted by Gasteiger charge is -2.41. The Bertz CT molecular complexity index is 444. The molecular formula is C16H24N2O2. The van der Waals surface area contributed by atoms with Crippen molar-refractivity contribution >= 4 is 5.91 Å². The van der Waals surface area contributed by atoms with Gasteiger partial charge in [0.1, 0.15) is 5.75 Å². The van der Waals surface area contributed by atoms with Crippen molar-refractivity contribution in [2.45, 2.75) is 32.7 Å². The third kappa shape index (κ3) is 3.73. The molecule has 20 heavy (non-hydrogen) atoms. The minimum atomic E-state index is 0.182. The van der Waals surface area contributed by atoms with Crippen molar-refractivity contribution in [3.63, 3.8) is 0 Å². The van der Waals surface area contributed by atoms with E-state index in [0.717, 1.165) is 39.0 Å². The van der Waals surface area contributed by atoms with Crippen LogP contribution >= 0.6 is 0 Å². The van der Waals surface area contributed by atoms with Gasteiger partial charge in [-0.15, -0.1) is 0 Å². The molecule has 0 aliphatic carbocycles. The van der Waals surface area contributed by atoms with Gasteiger partial charge >= 0.3 is 0 Å². The van der Waals surface area contributed by atoms with Crippen LogP contribution in [0.1, 0.15) is 25.8 Å². The topological polar surface area (TPSA) is 43.8 Å². The second kappa shape index (κ2) is 6.75. The molecule has 1 aliphatic rings. The first kappa shape index (κ1) is 14.9. The van der Waals surface area contributed by atoms with E-state index in [1.165, 1.54) is 5.56 Å². The van der Waals surface area contributed by atoms with Gasteiger partial charge in [0.25, 0.3) is 0 Å². The van der Waals surface area contributed by atoms with Gasteiger partial charge in [-0.2, -0.15) is 0 Å². The van der Waals surface area contributed by atoms with Gasteiger partial charge in [-0.25, -0.2) is 0 Å². The second-order valence-electron chi connectivity index (χ2n) is 5.48. The van der Waals surface area contributed by atoms with Gasteiger partial charge in [0, 0.05) is 39.1 Å². The van der Waals surface area contributed by atoms with Crippen molar-refractivity contribution in [3.8, 4) is 5.75 Å². The van der Waals surface area contributed by atoms with Crippen molar-refractivity contribution in [1.82, 2.24) is 9.80 Å². The molecule has 1 heterocycles. The van der Waals surface area contributed by atoms with Crippen LogP contribution in [0.4, 0.5) is 0 Å². The molecule has 1 N–H and O–H groups in total. The van der Waals surface area contributed by atoms with Crippen molar-refractivity contribution in [2.24, 2.45) is 0 Å². The van der Waals surface area contributed by atoms with Crippen LogP contribution in [0.5, 0.6) is 5.75 Å². The van der Waals surface area contributed by atoms with Crippen LogP contribution in [0.25, 0.3) is 0 Å². The zero-order valence-corrected chi connectivity index (χ0v) is 12.4. The number of phenolic OH excluding ortho intramolecular Hbond substituents is 1. The summed E-state index contributed by atoms with van der Waals surface area (Å²) in [6.07, 6.45) is 2.05. The maximum atomic E-state index is 11.5. The molecule has 110 valence electrons. The maximum absolute atomic E-state index is 11.5. The third-order valence-corrected chi connectivity index (χ3v) is 4.15. The van der Waals surface area contributed by atoms with E-state index in [4.69, 9.17) is 0 Å². The number of hydrogen-bond donors (Lipinski definition) is 1. The molecule has 0 unspecified atom stereocenters. The van der Waals surface area contributed by atoms with E-state index in [1.54, 1.807) is 19.1 Å². The Morgan fingerprint density at radius 2 is 2.00 bits per heavy atom. The first-order chi connectivity index (χ1) is 9.60. The summed E-state index contributed by atoms with van der Waals surface area (Å²) in [5.41, 5.74) is 1.24. The smallest absolute Gasteiger partial charge is 0.219 e. The summed E-state index contributed by atoms with van der Waals surface area (Å²) in [6, 6.07) is 7.88. The highest BCUT2D eigenvalue weighted by Gasteiger charge is 2.26. The summed E-state index contributed by atoms with van der Waals surface area (Å²) >= 11 is 0. The highest BCUT2D eigenvalue weighted by molar-refractivity contribution is 5.73. The molecule has 1 saturated heterocycles. The summed E-state index contributed by atoms with van der Waals surface area (Å²) in [4.78, 5) is 15.9. The number of phenols is 1. The molecule has 1 aromatic rings. The van der Waals surface area contributed by atoms with Crippen LogP contribution < -0.4 is 0 Å². The molecule has 4 heteroatoms. The van der Waals surface area contributed by atoms with Crippen molar-refractivity contribution in [2.75, 3.05) is 26.2 Å². The maximum Gasteiger partial charge on any atom is 0.219 e. The van der Waals surface area contributed by atoms with Gasteiger partial charge < -0.3 is 10.0 Å². The average Bonchev–Trinajstić information content (AvgIpc) is 2.46. The van der Waals surface area contributed by atoms with Crippen LogP contribution in [0.15, 0.2) is 24.3 Å². The fraction of sp³-hybridized carbons (Fsp3) is 0.562. The standard InChI is InChI=1S/C16H24N2O2/c1-3-15-12-18(13(2)19)11-10-17(15)9-8-14-4-6-16(20)7-5-14/h4-7,15,20H,3,8-12H2,1-2H3/t15-/m0/s1. The predicted octanol–water partition coefficient (Wildman–Crippen LogP) is 1.88. The minimum Gasteiger partial charge on any atom is -0.508 e. The monoisotopic (exact) mass is 276 g/mol. The van der Waals surface area contributed by atoms with Gasteiger partial charge in [0.2, 0.25) is 5.91 Å². The average molecular weight is 276 g/mol. The fourth-order valence-corrected chi connectivity index (χ4v) is 2.80. The molecule has 1 amide bonds. The van der Waals surface area contributed by atoms with Gasteiger partial charge in [0.05, 0.1) is 0 Å². The summed E-state index contributed by atoms with van der Waals surface area (Å²) in [6.45, 7) is 7.48. The summed E-state index contributed by atoms with van der Waals surface area (Å²) in [5, 5.41) is 9.29. The van der Waals surface area contributed by atoms with E-state index in [2.05, 4.69) is 11.8 Å². The van der Waals surface area contributed by atoms with Gasteiger partial charge in [-0.3, -0.25) is 9.69 Å². The quantitative estimate of drug-likeness (QED) is 0.913. The Morgan fingerprint density at radius 1 is 1.30 bits per heavy atom. The molecule has 0 radical (unpaired) electrons. The van der Waals surface area contributed by atoms with Crippen LogP contribution in [-0.4, -0.2) is 53.0 Å². The van der Waals surface area contributed by atoms with E-state index in [-0.39, 0.29) is 5.91 Å². The SMILES string of the molecule is CC[C@H]1CN(C(C)=O)CCN1CCc1ccc(O)cc1. The lowest BCUT2D eigenvalue weighted by molar-refractivity contribution is -0.131. The highest BCUT2D eigenvalue weighted by Crippen LogP contribution is 2.15. The highest BCUT2D eigenvalue weighted by atomic mass is 16.3. The molecule has 0 bridgehead atoms. The number of carbonyl (C=O) groups is 1. The molecule has 1 atom stereocenters. The third-order valence-electron chi connectivity index (χ3n) is 4.15. The molecule has 1 fully saturated rings. The van der Waals surface area contributed by atoms with Gasteiger partial charge in [-0.1, -0.05) is 19.1 Å². The number of piperazine rings is 1. The molecular weight excluding hydrogens is 252 g/mol. The number of carbonyl (C=O) groups excluding carboxylic acids is 1. The summed E-state index contributed by atoms with van der Waals surface area (Å²) in [5.74, 6) is 0.497. The van der Waals surface area contributed by atoms with Crippen molar-refractivity contribution in [1.29, 1.82) is 0 Å². The Balaban J connectivity index is 1.89. The number of nitrogens with zero attached hydrogens (tertiary/aromatic N) is 2. The lowest BCUT2D eigenvalue weighted by Crippen LogP contribution is -2.54. The minimum absolute atomic E-state index is 0.182. The molecule has 0 saturated carbocycles. The molecule has 1 aromatic carbocycles. The normalized spacial score (nSPS) is 20.1. The molecule has 0 aromatic heterocycles. The van der Waals surface area contributed by atoms with Gasteiger partial charge in [-0.05, 0) is 30.5 Å². The predicted molar refractivity (Wildman–Crippen MR) is 79.7 cm³/mol. The Kier molecular flexibility index (Phi) is 5.01. The van der Waals surface area contributed by atoms with E-state index in [1.807, 2.05) is 17.0 Å². The Hall–Kier alpha value is -1.55. The number of hydrogen-bond acceptors (Lipinski definition) is 3. The number of rotatable bonds is 4. The first-order valence-corrected chi connectivity index (χ1v) is 7.37. The second-order valence-corrected chi connectivity index (χ2v) is 5.48. The van der Waals surface area contributed by atoms with Crippen LogP contribution in [0.2, 0.25) is 0 Å². The van der Waals surface area contributed by atoms with Crippen molar-refractivity contribution in [3.05, 3.63) is 29.8 Å². The molecule has 2 rings (SSSR count). The van der Waals surface area contributed by atoms with E-state index in [0.29, 0.717) is 11.8 Å².